The van der Waals surface area contributed by atoms with Crippen LogP contribution in [-0.2, 0) is 14.3 Å². The first-order valence-corrected chi connectivity index (χ1v) is 7.09. The van der Waals surface area contributed by atoms with Crippen molar-refractivity contribution >= 4 is 11.9 Å². The minimum atomic E-state index is -4.44. The lowest BCUT2D eigenvalue weighted by Gasteiger charge is -2.56. The van der Waals surface area contributed by atoms with Gasteiger partial charge in [-0.2, -0.15) is 8.78 Å². The van der Waals surface area contributed by atoms with Gasteiger partial charge in [0.1, 0.15) is 0 Å². The summed E-state index contributed by atoms with van der Waals surface area (Å²) >= 11 is 0. The summed E-state index contributed by atoms with van der Waals surface area (Å²) in [4.78, 5) is 21.6. The van der Waals surface area contributed by atoms with Crippen LogP contribution in [0.1, 0.15) is 38.5 Å². The van der Waals surface area contributed by atoms with Gasteiger partial charge >= 0.3 is 17.9 Å². The normalized spacial score (nSPS) is 38.8. The van der Waals surface area contributed by atoms with E-state index in [0.29, 0.717) is 17.8 Å². The second kappa shape index (κ2) is 4.40. The van der Waals surface area contributed by atoms with E-state index in [1.54, 1.807) is 0 Å². The van der Waals surface area contributed by atoms with Crippen LogP contribution in [0.2, 0.25) is 0 Å². The van der Waals surface area contributed by atoms with Crippen LogP contribution in [-0.4, -0.2) is 29.6 Å². The lowest BCUT2D eigenvalue weighted by atomic mass is 9.50. The first kappa shape index (κ1) is 13.8. The predicted molar refractivity (Wildman–Crippen MR) is 64.1 cm³/mol. The lowest BCUT2D eigenvalue weighted by Crippen LogP contribution is -2.49. The molecule has 112 valence electrons. The summed E-state index contributed by atoms with van der Waals surface area (Å²) in [5.41, 5.74) is -0.182. The zero-order valence-corrected chi connectivity index (χ0v) is 11.1. The molecular weight excluding hydrogens is 270 g/mol. The number of carboxylic acids is 1. The van der Waals surface area contributed by atoms with Gasteiger partial charge in [-0.3, -0.25) is 0 Å². The number of esters is 1. The molecule has 4 bridgehead atoms. The second-order valence-electron chi connectivity index (χ2n) is 6.87. The standard InChI is InChI=1S/C14H18F2O4/c15-14(16,11(17)18)12(19)20-7-13-4-8-1-9(5-13)3-10(2-8)6-13/h8-10H,1-7H2,(H,17,18). The van der Waals surface area contributed by atoms with Crippen LogP contribution in [0.5, 0.6) is 0 Å². The third kappa shape index (κ3) is 2.19. The fourth-order valence-corrected chi connectivity index (χ4v) is 4.86. The van der Waals surface area contributed by atoms with E-state index in [4.69, 9.17) is 5.11 Å². The third-order valence-corrected chi connectivity index (χ3v) is 5.20. The first-order chi connectivity index (χ1) is 9.31. The Balaban J connectivity index is 1.64. The van der Waals surface area contributed by atoms with E-state index in [9.17, 15) is 18.4 Å². The molecule has 4 nitrogen and oxygen atoms in total. The maximum atomic E-state index is 13.0. The van der Waals surface area contributed by atoms with Crippen LogP contribution in [0.15, 0.2) is 0 Å². The summed E-state index contributed by atoms with van der Waals surface area (Å²) in [6, 6.07) is 0. The summed E-state index contributed by atoms with van der Waals surface area (Å²) in [6.45, 7) is -0.0573. The van der Waals surface area contributed by atoms with Crippen LogP contribution in [0.3, 0.4) is 0 Å². The molecule has 0 aliphatic heterocycles. The van der Waals surface area contributed by atoms with Gasteiger partial charge in [0, 0.05) is 5.41 Å². The highest BCUT2D eigenvalue weighted by molar-refractivity contribution is 6.00. The quantitative estimate of drug-likeness (QED) is 0.637. The number of hydrogen-bond donors (Lipinski definition) is 1. The zero-order chi connectivity index (χ0) is 14.5. The number of hydrogen-bond acceptors (Lipinski definition) is 3. The van der Waals surface area contributed by atoms with Crippen LogP contribution < -0.4 is 0 Å². The van der Waals surface area contributed by atoms with Gasteiger partial charge in [0.15, 0.2) is 0 Å². The van der Waals surface area contributed by atoms with Crippen molar-refractivity contribution in [2.75, 3.05) is 6.61 Å². The van der Waals surface area contributed by atoms with Crippen molar-refractivity contribution in [1.29, 1.82) is 0 Å². The minimum absolute atomic E-state index is 0.0573. The van der Waals surface area contributed by atoms with Crippen LogP contribution in [0, 0.1) is 23.2 Å². The van der Waals surface area contributed by atoms with Crippen LogP contribution >= 0.6 is 0 Å². The van der Waals surface area contributed by atoms with E-state index < -0.39 is 17.9 Å². The molecule has 0 unspecified atom stereocenters. The van der Waals surface area contributed by atoms with E-state index in [2.05, 4.69) is 4.74 Å². The topological polar surface area (TPSA) is 63.6 Å². The Labute approximate surface area is 115 Å². The molecule has 0 aromatic heterocycles. The molecule has 20 heavy (non-hydrogen) atoms. The second-order valence-corrected chi connectivity index (χ2v) is 6.87. The van der Waals surface area contributed by atoms with Crippen LogP contribution in [0.4, 0.5) is 8.78 Å². The molecule has 4 aliphatic carbocycles. The van der Waals surface area contributed by atoms with Gasteiger partial charge in [-0.1, -0.05) is 0 Å². The fraction of sp³-hybridized carbons (Fsp3) is 0.857. The molecule has 0 heterocycles. The molecule has 0 saturated heterocycles. The maximum absolute atomic E-state index is 13.0. The highest BCUT2D eigenvalue weighted by atomic mass is 19.3. The van der Waals surface area contributed by atoms with Crippen molar-refractivity contribution in [2.24, 2.45) is 23.2 Å². The van der Waals surface area contributed by atoms with Crippen molar-refractivity contribution in [1.82, 2.24) is 0 Å². The Hall–Kier alpha value is -1.20. The molecule has 4 saturated carbocycles. The number of aliphatic carboxylic acids is 1. The highest BCUT2D eigenvalue weighted by Gasteiger charge is 2.54. The van der Waals surface area contributed by atoms with Gasteiger partial charge in [0.25, 0.3) is 0 Å². The number of halogens is 2. The van der Waals surface area contributed by atoms with Gasteiger partial charge in [-0.05, 0) is 56.3 Å². The monoisotopic (exact) mass is 288 g/mol. The SMILES string of the molecule is O=C(O)C(F)(F)C(=O)OCC12CC3CC(CC(C3)C1)C2. The van der Waals surface area contributed by atoms with Gasteiger partial charge < -0.3 is 9.84 Å². The Kier molecular flexibility index (Phi) is 3.03. The molecule has 4 aliphatic rings. The van der Waals surface area contributed by atoms with E-state index in [-0.39, 0.29) is 12.0 Å². The zero-order valence-electron chi connectivity index (χ0n) is 11.1. The third-order valence-electron chi connectivity index (χ3n) is 5.20. The molecule has 1 N–H and O–H groups in total. The summed E-state index contributed by atoms with van der Waals surface area (Å²) in [7, 11) is 0. The van der Waals surface area contributed by atoms with Gasteiger partial charge in [0.2, 0.25) is 0 Å². The van der Waals surface area contributed by atoms with E-state index in [0.717, 1.165) is 19.3 Å². The summed E-state index contributed by atoms with van der Waals surface area (Å²) in [6.07, 6.45) is 6.39. The van der Waals surface area contributed by atoms with E-state index in [1.807, 2.05) is 0 Å². The van der Waals surface area contributed by atoms with Crippen molar-refractivity contribution in [3.05, 3.63) is 0 Å². The molecule has 6 heteroatoms. The van der Waals surface area contributed by atoms with Gasteiger partial charge in [-0.25, -0.2) is 9.59 Å². The number of rotatable bonds is 4. The fourth-order valence-electron chi connectivity index (χ4n) is 4.86. The summed E-state index contributed by atoms with van der Waals surface area (Å²) in [5, 5.41) is 8.32. The molecule has 0 radical (unpaired) electrons. The molecule has 0 atom stereocenters. The average Bonchev–Trinajstić information content (AvgIpc) is 2.34. The molecule has 0 amide bonds. The average molecular weight is 288 g/mol. The first-order valence-electron chi connectivity index (χ1n) is 7.09. The van der Waals surface area contributed by atoms with Gasteiger partial charge in [0.05, 0.1) is 6.61 Å². The van der Waals surface area contributed by atoms with E-state index in [1.165, 1.54) is 19.3 Å². The molecule has 0 aromatic carbocycles. The highest BCUT2D eigenvalue weighted by Crippen LogP contribution is 2.60. The molecular formula is C14H18F2O4. The summed E-state index contributed by atoms with van der Waals surface area (Å²) in [5.74, 6) is -6.95. The van der Waals surface area contributed by atoms with Crippen molar-refractivity contribution in [2.45, 2.75) is 44.4 Å². The number of carbonyl (C=O) groups excluding carboxylic acids is 1. The maximum Gasteiger partial charge on any atom is 0.437 e. The molecule has 4 fully saturated rings. The summed E-state index contributed by atoms with van der Waals surface area (Å²) < 4.78 is 30.7. The largest absolute Gasteiger partial charge is 0.476 e. The van der Waals surface area contributed by atoms with Crippen LogP contribution in [0.25, 0.3) is 0 Å². The Morgan fingerprint density at radius 3 is 1.95 bits per heavy atom. The smallest absolute Gasteiger partial charge is 0.437 e. The molecule has 4 rings (SSSR count). The van der Waals surface area contributed by atoms with Crippen molar-refractivity contribution in [3.8, 4) is 0 Å². The van der Waals surface area contributed by atoms with E-state index >= 15 is 0 Å². The number of carboxylic acid groups (broad SMARTS) is 1. The number of ether oxygens (including phenoxy) is 1. The Bertz CT molecular complexity index is 411. The lowest BCUT2D eigenvalue weighted by molar-refractivity contribution is -0.192. The Morgan fingerprint density at radius 1 is 1.10 bits per heavy atom. The van der Waals surface area contributed by atoms with Crippen molar-refractivity contribution in [3.63, 3.8) is 0 Å². The predicted octanol–water partition coefficient (Wildman–Crippen LogP) is 2.47. The Morgan fingerprint density at radius 2 is 1.55 bits per heavy atom. The van der Waals surface area contributed by atoms with Crippen molar-refractivity contribution < 1.29 is 28.2 Å². The number of alkyl halides is 2. The number of carbonyl (C=O) groups is 2. The van der Waals surface area contributed by atoms with Gasteiger partial charge in [-0.15, -0.1) is 0 Å². The molecule has 0 aromatic rings. The molecule has 0 spiro atoms. The minimum Gasteiger partial charge on any atom is -0.476 e.